The summed E-state index contributed by atoms with van der Waals surface area (Å²) in [5.74, 6) is -0.261. The zero-order chi connectivity index (χ0) is 15.5. The SMILES string of the molecule is COc1ccc(C(=O)O)cc1.O=CC=Cc1ccccc1. The predicted octanol–water partition coefficient (Wildman–Crippen LogP) is 3.29. The fourth-order valence-electron chi connectivity index (χ4n) is 1.45. The molecule has 2 rings (SSSR count). The Morgan fingerprint density at radius 1 is 1.05 bits per heavy atom. The van der Waals surface area contributed by atoms with Crippen molar-refractivity contribution in [3.8, 4) is 5.75 Å². The number of carbonyl (C=O) groups is 2. The van der Waals surface area contributed by atoms with E-state index in [1.54, 1.807) is 18.2 Å². The third kappa shape index (κ3) is 6.20. The lowest BCUT2D eigenvalue weighted by Gasteiger charge is -1.98. The van der Waals surface area contributed by atoms with Crippen LogP contribution in [0.3, 0.4) is 0 Å². The van der Waals surface area contributed by atoms with Gasteiger partial charge in [-0.05, 0) is 35.9 Å². The monoisotopic (exact) mass is 284 g/mol. The summed E-state index contributed by atoms with van der Waals surface area (Å²) in [5, 5.41) is 8.51. The maximum Gasteiger partial charge on any atom is 0.335 e. The number of carboxylic acids is 1. The fourth-order valence-corrected chi connectivity index (χ4v) is 1.45. The Morgan fingerprint density at radius 2 is 1.67 bits per heavy atom. The van der Waals surface area contributed by atoms with Crippen molar-refractivity contribution < 1.29 is 19.4 Å². The average Bonchev–Trinajstić information content (AvgIpc) is 2.54. The average molecular weight is 284 g/mol. The molecule has 21 heavy (non-hydrogen) atoms. The van der Waals surface area contributed by atoms with Crippen molar-refractivity contribution in [1.29, 1.82) is 0 Å². The summed E-state index contributed by atoms with van der Waals surface area (Å²) in [6, 6.07) is 15.9. The topological polar surface area (TPSA) is 63.6 Å². The van der Waals surface area contributed by atoms with Crippen LogP contribution in [0.1, 0.15) is 15.9 Å². The molecule has 0 unspecified atom stereocenters. The van der Waals surface area contributed by atoms with E-state index in [9.17, 15) is 9.59 Å². The summed E-state index contributed by atoms with van der Waals surface area (Å²) in [7, 11) is 1.54. The molecule has 1 N–H and O–H groups in total. The van der Waals surface area contributed by atoms with Gasteiger partial charge < -0.3 is 9.84 Å². The van der Waals surface area contributed by atoms with Crippen molar-refractivity contribution in [2.24, 2.45) is 0 Å². The second kappa shape index (κ2) is 9.09. The van der Waals surface area contributed by atoms with Crippen molar-refractivity contribution >= 4 is 18.3 Å². The lowest BCUT2D eigenvalue weighted by atomic mass is 10.2. The van der Waals surface area contributed by atoms with Crippen molar-refractivity contribution in [3.63, 3.8) is 0 Å². The number of carbonyl (C=O) groups excluding carboxylic acids is 1. The van der Waals surface area contributed by atoms with Crippen molar-refractivity contribution in [2.75, 3.05) is 7.11 Å². The Hall–Kier alpha value is -2.88. The first-order valence-corrected chi connectivity index (χ1v) is 6.21. The molecule has 108 valence electrons. The van der Waals surface area contributed by atoms with Crippen LogP contribution in [0.25, 0.3) is 6.08 Å². The molecule has 2 aromatic rings. The highest BCUT2D eigenvalue weighted by atomic mass is 16.5. The van der Waals surface area contributed by atoms with Crippen LogP contribution in [0.4, 0.5) is 0 Å². The van der Waals surface area contributed by atoms with Crippen LogP contribution in [-0.4, -0.2) is 24.5 Å². The maximum absolute atomic E-state index is 10.4. The standard InChI is InChI=1S/C9H8O.C8H8O3/c10-8-4-7-9-5-2-1-3-6-9;1-11-7-4-2-6(3-5-7)8(9)10/h1-8H;2-5H,1H3,(H,9,10). The van der Waals surface area contributed by atoms with Gasteiger partial charge in [-0.3, -0.25) is 4.79 Å². The molecule has 0 atom stereocenters. The van der Waals surface area contributed by atoms with Gasteiger partial charge in [0.05, 0.1) is 12.7 Å². The summed E-state index contributed by atoms with van der Waals surface area (Å²) in [5.41, 5.74) is 1.32. The number of ether oxygens (including phenoxy) is 1. The molecular formula is C17H16O4. The normalized spacial score (nSPS) is 9.57. The molecule has 0 aliphatic heterocycles. The van der Waals surface area contributed by atoms with Crippen LogP contribution in [0.2, 0.25) is 0 Å². The Kier molecular flexibility index (Phi) is 7.00. The highest BCUT2D eigenvalue weighted by Gasteiger charge is 2.00. The Labute approximate surface area is 123 Å². The van der Waals surface area contributed by atoms with Gasteiger partial charge in [0.2, 0.25) is 0 Å². The summed E-state index contributed by atoms with van der Waals surface area (Å²) < 4.78 is 4.86. The van der Waals surface area contributed by atoms with E-state index in [-0.39, 0.29) is 5.56 Å². The van der Waals surface area contributed by atoms with Crippen molar-refractivity contribution in [1.82, 2.24) is 0 Å². The van der Waals surface area contributed by atoms with E-state index in [4.69, 9.17) is 9.84 Å². The van der Waals surface area contributed by atoms with Gasteiger partial charge in [-0.2, -0.15) is 0 Å². The minimum atomic E-state index is -0.923. The Morgan fingerprint density at radius 3 is 2.14 bits per heavy atom. The van der Waals surface area contributed by atoms with Crippen LogP contribution in [0.5, 0.6) is 5.75 Å². The molecule has 0 spiro atoms. The number of rotatable bonds is 4. The number of benzene rings is 2. The second-order valence-electron chi connectivity index (χ2n) is 3.94. The summed E-state index contributed by atoms with van der Waals surface area (Å²) >= 11 is 0. The molecular weight excluding hydrogens is 268 g/mol. The molecule has 0 radical (unpaired) electrons. The molecule has 0 heterocycles. The molecule has 0 saturated carbocycles. The van der Waals surface area contributed by atoms with Crippen molar-refractivity contribution in [2.45, 2.75) is 0 Å². The first-order chi connectivity index (χ1) is 10.2. The van der Waals surface area contributed by atoms with Gasteiger partial charge >= 0.3 is 5.97 Å². The first-order valence-electron chi connectivity index (χ1n) is 6.21. The molecule has 0 bridgehead atoms. The summed E-state index contributed by atoms with van der Waals surface area (Å²) in [6.45, 7) is 0. The first kappa shape index (κ1) is 16.2. The molecule has 4 heteroatoms. The lowest BCUT2D eigenvalue weighted by molar-refractivity contribution is -0.104. The zero-order valence-corrected chi connectivity index (χ0v) is 11.6. The van der Waals surface area contributed by atoms with E-state index in [0.717, 1.165) is 11.8 Å². The van der Waals surface area contributed by atoms with Gasteiger partial charge in [0.15, 0.2) is 0 Å². The summed E-state index contributed by atoms with van der Waals surface area (Å²) in [6.07, 6.45) is 4.02. The highest BCUT2D eigenvalue weighted by molar-refractivity contribution is 5.87. The summed E-state index contributed by atoms with van der Waals surface area (Å²) in [4.78, 5) is 20.3. The van der Waals surface area contributed by atoms with Gasteiger partial charge in [-0.25, -0.2) is 4.79 Å². The van der Waals surface area contributed by atoms with Crippen LogP contribution in [-0.2, 0) is 4.79 Å². The molecule has 0 amide bonds. The minimum Gasteiger partial charge on any atom is -0.497 e. The third-order valence-corrected chi connectivity index (χ3v) is 2.50. The van der Waals surface area contributed by atoms with E-state index in [1.807, 2.05) is 30.3 Å². The van der Waals surface area contributed by atoms with E-state index in [0.29, 0.717) is 5.75 Å². The number of aromatic carboxylic acids is 1. The second-order valence-corrected chi connectivity index (χ2v) is 3.94. The smallest absolute Gasteiger partial charge is 0.335 e. The van der Waals surface area contributed by atoms with Gasteiger partial charge in [0.25, 0.3) is 0 Å². The van der Waals surface area contributed by atoms with Crippen molar-refractivity contribution in [3.05, 3.63) is 71.8 Å². The van der Waals surface area contributed by atoms with Gasteiger partial charge in [0.1, 0.15) is 12.0 Å². The van der Waals surface area contributed by atoms with Crippen LogP contribution >= 0.6 is 0 Å². The number of hydrogen-bond donors (Lipinski definition) is 1. The quantitative estimate of drug-likeness (QED) is 0.691. The molecule has 0 aliphatic rings. The Bertz CT molecular complexity index is 586. The van der Waals surface area contributed by atoms with Crippen LogP contribution < -0.4 is 4.74 Å². The lowest BCUT2D eigenvalue weighted by Crippen LogP contribution is -1.95. The van der Waals surface area contributed by atoms with E-state index in [1.165, 1.54) is 25.3 Å². The van der Waals surface area contributed by atoms with Gasteiger partial charge in [-0.1, -0.05) is 36.4 Å². The van der Waals surface area contributed by atoms with Gasteiger partial charge in [0, 0.05) is 0 Å². The molecule has 0 fully saturated rings. The highest BCUT2D eigenvalue weighted by Crippen LogP contribution is 2.10. The van der Waals surface area contributed by atoms with E-state index < -0.39 is 5.97 Å². The number of aldehydes is 1. The number of methoxy groups -OCH3 is 1. The molecule has 0 saturated heterocycles. The van der Waals surface area contributed by atoms with E-state index in [2.05, 4.69) is 0 Å². The minimum absolute atomic E-state index is 0.269. The molecule has 4 nitrogen and oxygen atoms in total. The molecule has 2 aromatic carbocycles. The number of carboxylic acid groups (broad SMARTS) is 1. The van der Waals surface area contributed by atoms with E-state index >= 15 is 0 Å². The fraction of sp³-hybridized carbons (Fsp3) is 0.0588. The van der Waals surface area contributed by atoms with Crippen LogP contribution in [0.15, 0.2) is 60.7 Å². The van der Waals surface area contributed by atoms with Gasteiger partial charge in [-0.15, -0.1) is 0 Å². The maximum atomic E-state index is 10.4. The predicted molar refractivity (Wildman–Crippen MR) is 81.5 cm³/mol. The third-order valence-electron chi connectivity index (χ3n) is 2.50. The largest absolute Gasteiger partial charge is 0.497 e. The Balaban J connectivity index is 0.000000211. The number of hydrogen-bond acceptors (Lipinski definition) is 3. The molecule has 0 aliphatic carbocycles. The molecule has 0 aromatic heterocycles. The zero-order valence-electron chi connectivity index (χ0n) is 11.6. The number of allylic oxidation sites excluding steroid dienone is 1. The van der Waals surface area contributed by atoms with Crippen LogP contribution in [0, 0.1) is 0 Å².